The van der Waals surface area contributed by atoms with Crippen LogP contribution >= 0.6 is 22.9 Å². The van der Waals surface area contributed by atoms with E-state index in [1.165, 1.54) is 11.3 Å². The predicted molar refractivity (Wildman–Crippen MR) is 123 cm³/mol. The van der Waals surface area contributed by atoms with E-state index in [9.17, 15) is 9.59 Å². The number of carbonyl (C=O) groups excluding carboxylic acids is 2. The molecule has 0 atom stereocenters. The van der Waals surface area contributed by atoms with Crippen LogP contribution in [0.2, 0.25) is 5.02 Å². The van der Waals surface area contributed by atoms with Crippen molar-refractivity contribution in [1.82, 2.24) is 0 Å². The van der Waals surface area contributed by atoms with Crippen LogP contribution in [0.5, 0.6) is 11.5 Å². The zero-order chi connectivity index (χ0) is 22.5. The predicted octanol–water partition coefficient (Wildman–Crippen LogP) is 5.82. The lowest BCUT2D eigenvalue weighted by Gasteiger charge is -2.12. The number of hydrogen-bond donors (Lipinski definition) is 1. The van der Waals surface area contributed by atoms with Gasteiger partial charge in [-0.2, -0.15) is 0 Å². The molecule has 0 saturated heterocycles. The van der Waals surface area contributed by atoms with Crippen molar-refractivity contribution < 1.29 is 23.8 Å². The highest BCUT2D eigenvalue weighted by molar-refractivity contribution is 7.17. The standard InChI is InChI=1S/C23H22ClNO5S/c1-5-30-23(27)20-19(14-10-11-17(28-3)18(12-14)29-4)13(2)31-22(20)25-21(26)15-8-6-7-9-16(15)24/h6-12H,5H2,1-4H3,(H,25,26). The first-order valence-electron chi connectivity index (χ1n) is 9.50. The van der Waals surface area contributed by atoms with Gasteiger partial charge in [0, 0.05) is 10.4 Å². The van der Waals surface area contributed by atoms with Crippen molar-refractivity contribution in [2.45, 2.75) is 13.8 Å². The number of hydrogen-bond acceptors (Lipinski definition) is 6. The van der Waals surface area contributed by atoms with Gasteiger partial charge in [0.25, 0.3) is 5.91 Å². The molecule has 0 bridgehead atoms. The summed E-state index contributed by atoms with van der Waals surface area (Å²) in [5.74, 6) is 0.175. The molecule has 0 aliphatic rings. The van der Waals surface area contributed by atoms with E-state index in [2.05, 4.69) is 5.32 Å². The van der Waals surface area contributed by atoms with Crippen molar-refractivity contribution in [2.24, 2.45) is 0 Å². The molecular formula is C23H22ClNO5S. The number of methoxy groups -OCH3 is 2. The van der Waals surface area contributed by atoms with Crippen molar-refractivity contribution in [3.63, 3.8) is 0 Å². The Bertz CT molecular complexity index is 1130. The number of aryl methyl sites for hydroxylation is 1. The molecule has 1 heterocycles. The fourth-order valence-electron chi connectivity index (χ4n) is 3.19. The number of carbonyl (C=O) groups is 2. The lowest BCUT2D eigenvalue weighted by atomic mass is 10.0. The third-order valence-electron chi connectivity index (χ3n) is 4.58. The normalized spacial score (nSPS) is 10.5. The first-order chi connectivity index (χ1) is 14.9. The largest absolute Gasteiger partial charge is 0.493 e. The maximum Gasteiger partial charge on any atom is 0.341 e. The summed E-state index contributed by atoms with van der Waals surface area (Å²) in [6, 6.07) is 12.1. The maximum atomic E-state index is 12.9. The van der Waals surface area contributed by atoms with E-state index in [0.29, 0.717) is 32.6 Å². The van der Waals surface area contributed by atoms with Crippen molar-refractivity contribution in [2.75, 3.05) is 26.1 Å². The lowest BCUT2D eigenvalue weighted by molar-refractivity contribution is 0.0529. The van der Waals surface area contributed by atoms with Crippen LogP contribution in [0, 0.1) is 6.92 Å². The van der Waals surface area contributed by atoms with E-state index in [-0.39, 0.29) is 12.2 Å². The zero-order valence-electron chi connectivity index (χ0n) is 17.6. The Morgan fingerprint density at radius 2 is 1.77 bits per heavy atom. The van der Waals surface area contributed by atoms with E-state index in [1.807, 2.05) is 13.0 Å². The summed E-state index contributed by atoms with van der Waals surface area (Å²) < 4.78 is 16.0. The summed E-state index contributed by atoms with van der Waals surface area (Å²) in [4.78, 5) is 26.6. The number of rotatable bonds is 7. The Morgan fingerprint density at radius 3 is 2.42 bits per heavy atom. The summed E-state index contributed by atoms with van der Waals surface area (Å²) in [5, 5.41) is 3.55. The molecule has 0 unspecified atom stereocenters. The number of nitrogens with one attached hydrogen (secondary N) is 1. The van der Waals surface area contributed by atoms with Gasteiger partial charge < -0.3 is 19.5 Å². The van der Waals surface area contributed by atoms with E-state index < -0.39 is 11.9 Å². The molecule has 8 heteroatoms. The molecule has 1 amide bonds. The first kappa shape index (κ1) is 22.7. The Balaban J connectivity index is 2.11. The Morgan fingerprint density at radius 1 is 1.06 bits per heavy atom. The van der Waals surface area contributed by atoms with Crippen molar-refractivity contribution in [3.8, 4) is 22.6 Å². The van der Waals surface area contributed by atoms with E-state index >= 15 is 0 Å². The van der Waals surface area contributed by atoms with Crippen LogP contribution in [-0.2, 0) is 4.74 Å². The second kappa shape index (κ2) is 9.85. The summed E-state index contributed by atoms with van der Waals surface area (Å²) in [5.41, 5.74) is 2.02. The van der Waals surface area contributed by atoms with Crippen molar-refractivity contribution in [3.05, 3.63) is 63.5 Å². The van der Waals surface area contributed by atoms with E-state index in [0.717, 1.165) is 10.4 Å². The quantitative estimate of drug-likeness (QED) is 0.450. The molecular weight excluding hydrogens is 438 g/mol. The number of amides is 1. The van der Waals surface area contributed by atoms with Crippen LogP contribution in [0.25, 0.3) is 11.1 Å². The van der Waals surface area contributed by atoms with Gasteiger partial charge in [0.2, 0.25) is 0 Å². The minimum Gasteiger partial charge on any atom is -0.493 e. The van der Waals surface area contributed by atoms with Crippen LogP contribution in [0.15, 0.2) is 42.5 Å². The highest BCUT2D eigenvalue weighted by Crippen LogP contribution is 2.43. The molecule has 0 aliphatic heterocycles. The summed E-state index contributed by atoms with van der Waals surface area (Å²) >= 11 is 7.45. The highest BCUT2D eigenvalue weighted by atomic mass is 35.5. The smallest absolute Gasteiger partial charge is 0.341 e. The fourth-order valence-corrected chi connectivity index (χ4v) is 4.47. The van der Waals surface area contributed by atoms with Gasteiger partial charge in [-0.15, -0.1) is 11.3 Å². The van der Waals surface area contributed by atoms with Gasteiger partial charge in [-0.1, -0.05) is 29.8 Å². The minimum absolute atomic E-state index is 0.205. The topological polar surface area (TPSA) is 73.9 Å². The Kier molecular flexibility index (Phi) is 7.20. The lowest BCUT2D eigenvalue weighted by Crippen LogP contribution is -2.15. The third-order valence-corrected chi connectivity index (χ3v) is 5.93. The summed E-state index contributed by atoms with van der Waals surface area (Å²) in [6.07, 6.45) is 0. The average Bonchev–Trinajstić information content (AvgIpc) is 3.09. The van der Waals surface area contributed by atoms with E-state index in [4.69, 9.17) is 25.8 Å². The second-order valence-corrected chi connectivity index (χ2v) is 8.09. The van der Waals surface area contributed by atoms with Gasteiger partial charge in [0.05, 0.1) is 31.4 Å². The van der Waals surface area contributed by atoms with Gasteiger partial charge in [-0.05, 0) is 43.7 Å². The zero-order valence-corrected chi connectivity index (χ0v) is 19.1. The molecule has 3 rings (SSSR count). The Labute approximate surface area is 189 Å². The number of thiophene rings is 1. The number of benzene rings is 2. The molecule has 6 nitrogen and oxygen atoms in total. The van der Waals surface area contributed by atoms with Gasteiger partial charge in [0.1, 0.15) is 10.6 Å². The summed E-state index contributed by atoms with van der Waals surface area (Å²) in [7, 11) is 3.10. The molecule has 0 saturated carbocycles. The van der Waals surface area contributed by atoms with E-state index in [1.54, 1.807) is 57.5 Å². The second-order valence-electron chi connectivity index (χ2n) is 6.46. The minimum atomic E-state index is -0.522. The molecule has 0 fully saturated rings. The molecule has 31 heavy (non-hydrogen) atoms. The molecule has 0 spiro atoms. The molecule has 1 N–H and O–H groups in total. The van der Waals surface area contributed by atoms with Gasteiger partial charge in [-0.25, -0.2) is 4.79 Å². The maximum absolute atomic E-state index is 12.9. The number of ether oxygens (including phenoxy) is 3. The monoisotopic (exact) mass is 459 g/mol. The van der Waals surface area contributed by atoms with Crippen LogP contribution in [0.3, 0.4) is 0 Å². The molecule has 1 aromatic heterocycles. The van der Waals surface area contributed by atoms with Gasteiger partial charge in [-0.3, -0.25) is 4.79 Å². The first-order valence-corrected chi connectivity index (χ1v) is 10.7. The molecule has 162 valence electrons. The third kappa shape index (κ3) is 4.68. The Hall–Kier alpha value is -3.03. The average molecular weight is 460 g/mol. The van der Waals surface area contributed by atoms with Crippen molar-refractivity contribution in [1.29, 1.82) is 0 Å². The molecule has 0 aliphatic carbocycles. The molecule has 3 aromatic rings. The van der Waals surface area contributed by atoms with Crippen molar-refractivity contribution >= 4 is 39.8 Å². The van der Waals surface area contributed by atoms with Crippen LogP contribution in [0.4, 0.5) is 5.00 Å². The van der Waals surface area contributed by atoms with Crippen LogP contribution < -0.4 is 14.8 Å². The van der Waals surface area contributed by atoms with Gasteiger partial charge in [0.15, 0.2) is 11.5 Å². The number of anilines is 1. The highest BCUT2D eigenvalue weighted by Gasteiger charge is 2.26. The molecule has 2 aromatic carbocycles. The molecule has 0 radical (unpaired) electrons. The summed E-state index contributed by atoms with van der Waals surface area (Å²) in [6.45, 7) is 3.82. The van der Waals surface area contributed by atoms with Gasteiger partial charge >= 0.3 is 5.97 Å². The fraction of sp³-hybridized carbons (Fsp3) is 0.217. The van der Waals surface area contributed by atoms with Crippen LogP contribution in [-0.4, -0.2) is 32.7 Å². The number of halogens is 1. The number of esters is 1. The van der Waals surface area contributed by atoms with Crippen LogP contribution in [0.1, 0.15) is 32.5 Å². The SMILES string of the molecule is CCOC(=O)c1c(NC(=O)c2ccccc2Cl)sc(C)c1-c1ccc(OC)c(OC)c1.